The lowest BCUT2D eigenvalue weighted by molar-refractivity contribution is 0.268. The predicted octanol–water partition coefficient (Wildman–Crippen LogP) is 2.77. The summed E-state index contributed by atoms with van der Waals surface area (Å²) < 4.78 is 0. The monoisotopic (exact) mass is 249 g/mol. The van der Waals surface area contributed by atoms with E-state index >= 15 is 0 Å². The first-order valence-electron chi connectivity index (χ1n) is 5.33. The molecule has 0 aliphatic rings. The van der Waals surface area contributed by atoms with Crippen LogP contribution < -0.4 is 5.73 Å². The van der Waals surface area contributed by atoms with E-state index in [1.54, 1.807) is 0 Å². The molecule has 1 atom stereocenters. The first kappa shape index (κ1) is 13.7. The van der Waals surface area contributed by atoms with E-state index in [-0.39, 0.29) is 25.1 Å². The number of rotatable bonds is 3. The Morgan fingerprint density at radius 1 is 0.882 bits per heavy atom. The quantitative estimate of drug-likeness (QED) is 0.879. The number of benzene rings is 2. The van der Waals surface area contributed by atoms with Gasteiger partial charge in [0, 0.05) is 0 Å². The summed E-state index contributed by atoms with van der Waals surface area (Å²) in [4.78, 5) is 0. The zero-order valence-electron chi connectivity index (χ0n) is 9.41. The van der Waals surface area contributed by atoms with Crippen LogP contribution >= 0.6 is 12.4 Å². The molecule has 0 fully saturated rings. The first-order valence-corrected chi connectivity index (χ1v) is 5.33. The van der Waals surface area contributed by atoms with E-state index in [9.17, 15) is 0 Å². The standard InChI is InChI=1S/C14H15NO.ClH/c15-14(10-16)13-8-6-12(7-9-13)11-4-2-1-3-5-11;/h1-9,14,16H,10,15H2;1H/t14-;/m1./s1. The molecule has 0 unspecified atom stereocenters. The van der Waals surface area contributed by atoms with Crippen LogP contribution in [0, 0.1) is 0 Å². The number of halogens is 1. The number of aliphatic hydroxyl groups is 1. The lowest BCUT2D eigenvalue weighted by Gasteiger charge is -2.09. The van der Waals surface area contributed by atoms with Gasteiger partial charge >= 0.3 is 0 Å². The zero-order chi connectivity index (χ0) is 11.4. The molecule has 2 rings (SSSR count). The fourth-order valence-electron chi connectivity index (χ4n) is 1.66. The van der Waals surface area contributed by atoms with E-state index in [4.69, 9.17) is 10.8 Å². The summed E-state index contributed by atoms with van der Waals surface area (Å²) in [5, 5.41) is 8.95. The summed E-state index contributed by atoms with van der Waals surface area (Å²) in [5.41, 5.74) is 9.04. The maximum Gasteiger partial charge on any atom is 0.0624 e. The van der Waals surface area contributed by atoms with Crippen molar-refractivity contribution in [1.82, 2.24) is 0 Å². The van der Waals surface area contributed by atoms with Gasteiger partial charge < -0.3 is 10.8 Å². The second-order valence-corrected chi connectivity index (χ2v) is 3.78. The van der Waals surface area contributed by atoms with Crippen molar-refractivity contribution in [2.24, 2.45) is 5.73 Å². The molecule has 0 saturated heterocycles. The third kappa shape index (κ3) is 3.30. The maximum absolute atomic E-state index is 8.95. The SMILES string of the molecule is Cl.N[C@H](CO)c1ccc(-c2ccccc2)cc1. The van der Waals surface area contributed by atoms with Crippen molar-refractivity contribution in [3.05, 3.63) is 60.2 Å². The van der Waals surface area contributed by atoms with Crippen LogP contribution in [0.2, 0.25) is 0 Å². The van der Waals surface area contributed by atoms with Crippen LogP contribution in [-0.2, 0) is 0 Å². The van der Waals surface area contributed by atoms with Gasteiger partial charge in [0.1, 0.15) is 0 Å². The van der Waals surface area contributed by atoms with Gasteiger partial charge in [0.2, 0.25) is 0 Å². The van der Waals surface area contributed by atoms with E-state index in [1.165, 1.54) is 5.56 Å². The molecule has 17 heavy (non-hydrogen) atoms. The molecule has 2 aromatic carbocycles. The summed E-state index contributed by atoms with van der Waals surface area (Å²) in [6, 6.07) is 17.9. The molecule has 2 nitrogen and oxygen atoms in total. The Morgan fingerprint density at radius 3 is 1.94 bits per heavy atom. The molecule has 0 saturated carbocycles. The normalized spacial score (nSPS) is 11.6. The summed E-state index contributed by atoms with van der Waals surface area (Å²) in [6.45, 7) is -0.0231. The molecule has 3 heteroatoms. The van der Waals surface area contributed by atoms with E-state index in [2.05, 4.69) is 12.1 Å². The van der Waals surface area contributed by atoms with Gasteiger partial charge in [-0.15, -0.1) is 12.4 Å². The van der Waals surface area contributed by atoms with E-state index in [0.717, 1.165) is 11.1 Å². The highest BCUT2D eigenvalue weighted by Gasteiger charge is 2.03. The largest absolute Gasteiger partial charge is 0.394 e. The van der Waals surface area contributed by atoms with Crippen molar-refractivity contribution < 1.29 is 5.11 Å². The van der Waals surface area contributed by atoms with Crippen molar-refractivity contribution in [1.29, 1.82) is 0 Å². The Kier molecular flexibility index (Phi) is 5.16. The van der Waals surface area contributed by atoms with Crippen LogP contribution in [0.1, 0.15) is 11.6 Å². The van der Waals surface area contributed by atoms with Crippen molar-refractivity contribution >= 4 is 12.4 Å². The minimum atomic E-state index is -0.287. The summed E-state index contributed by atoms with van der Waals surface area (Å²) in [6.07, 6.45) is 0. The smallest absolute Gasteiger partial charge is 0.0624 e. The molecular formula is C14H16ClNO. The number of hydrogen-bond acceptors (Lipinski definition) is 2. The van der Waals surface area contributed by atoms with Crippen LogP contribution in [0.4, 0.5) is 0 Å². The highest BCUT2D eigenvalue weighted by Crippen LogP contribution is 2.20. The minimum absolute atomic E-state index is 0. The third-order valence-corrected chi connectivity index (χ3v) is 2.64. The van der Waals surface area contributed by atoms with Gasteiger partial charge in [-0.25, -0.2) is 0 Å². The summed E-state index contributed by atoms with van der Waals surface area (Å²) in [7, 11) is 0. The Labute approximate surface area is 108 Å². The van der Waals surface area contributed by atoms with Crippen LogP contribution in [-0.4, -0.2) is 11.7 Å². The average molecular weight is 250 g/mol. The van der Waals surface area contributed by atoms with Gasteiger partial charge in [0.25, 0.3) is 0 Å². The third-order valence-electron chi connectivity index (χ3n) is 2.64. The van der Waals surface area contributed by atoms with Crippen molar-refractivity contribution in [2.45, 2.75) is 6.04 Å². The van der Waals surface area contributed by atoms with Gasteiger partial charge in [-0.1, -0.05) is 54.6 Å². The molecule has 0 radical (unpaired) electrons. The highest BCUT2D eigenvalue weighted by molar-refractivity contribution is 5.85. The number of aliphatic hydroxyl groups excluding tert-OH is 1. The fraction of sp³-hybridized carbons (Fsp3) is 0.143. The molecule has 0 aromatic heterocycles. The topological polar surface area (TPSA) is 46.2 Å². The van der Waals surface area contributed by atoms with Gasteiger partial charge in [0.15, 0.2) is 0 Å². The summed E-state index contributed by atoms with van der Waals surface area (Å²) in [5.74, 6) is 0. The van der Waals surface area contributed by atoms with E-state index in [1.807, 2.05) is 42.5 Å². The molecule has 2 aromatic rings. The van der Waals surface area contributed by atoms with E-state index in [0.29, 0.717) is 0 Å². The fourth-order valence-corrected chi connectivity index (χ4v) is 1.66. The van der Waals surface area contributed by atoms with Crippen molar-refractivity contribution in [3.8, 4) is 11.1 Å². The molecular weight excluding hydrogens is 234 g/mol. The molecule has 0 aliphatic heterocycles. The predicted molar refractivity (Wildman–Crippen MR) is 73.1 cm³/mol. The Morgan fingerprint density at radius 2 is 1.41 bits per heavy atom. The number of hydrogen-bond donors (Lipinski definition) is 2. The van der Waals surface area contributed by atoms with Crippen LogP contribution in [0.5, 0.6) is 0 Å². The molecule has 0 aliphatic carbocycles. The Hall–Kier alpha value is -1.35. The van der Waals surface area contributed by atoms with Gasteiger partial charge in [-0.05, 0) is 16.7 Å². The molecule has 3 N–H and O–H groups in total. The Bertz CT molecular complexity index is 442. The molecule has 90 valence electrons. The first-order chi connectivity index (χ1) is 7.81. The Balaban J connectivity index is 0.00000144. The lowest BCUT2D eigenvalue weighted by Crippen LogP contribution is -2.14. The van der Waals surface area contributed by atoms with Crippen LogP contribution in [0.15, 0.2) is 54.6 Å². The van der Waals surface area contributed by atoms with Crippen LogP contribution in [0.25, 0.3) is 11.1 Å². The molecule has 0 amide bonds. The molecule has 0 bridgehead atoms. The second-order valence-electron chi connectivity index (χ2n) is 3.78. The minimum Gasteiger partial charge on any atom is -0.394 e. The average Bonchev–Trinajstić information content (AvgIpc) is 2.39. The van der Waals surface area contributed by atoms with Gasteiger partial charge in [-0.2, -0.15) is 0 Å². The number of nitrogens with two attached hydrogens (primary N) is 1. The molecule has 0 heterocycles. The van der Waals surface area contributed by atoms with Crippen molar-refractivity contribution in [3.63, 3.8) is 0 Å². The molecule has 0 spiro atoms. The maximum atomic E-state index is 8.95. The second kappa shape index (κ2) is 6.40. The van der Waals surface area contributed by atoms with Gasteiger partial charge in [-0.3, -0.25) is 0 Å². The zero-order valence-corrected chi connectivity index (χ0v) is 10.2. The lowest BCUT2D eigenvalue weighted by atomic mass is 10.0. The van der Waals surface area contributed by atoms with E-state index < -0.39 is 0 Å². The highest BCUT2D eigenvalue weighted by atomic mass is 35.5. The van der Waals surface area contributed by atoms with Crippen molar-refractivity contribution in [2.75, 3.05) is 6.61 Å². The summed E-state index contributed by atoms with van der Waals surface area (Å²) >= 11 is 0. The van der Waals surface area contributed by atoms with Gasteiger partial charge in [0.05, 0.1) is 12.6 Å². The van der Waals surface area contributed by atoms with Crippen LogP contribution in [0.3, 0.4) is 0 Å².